The predicted octanol–water partition coefficient (Wildman–Crippen LogP) is 3.75. The molecular weight excluding hydrogens is 478 g/mol. The second-order valence-corrected chi connectivity index (χ2v) is 10.8. The second kappa shape index (κ2) is 13.3. The van der Waals surface area contributed by atoms with Crippen LogP contribution in [0.4, 0.5) is 5.69 Å². The molecule has 0 radical (unpaired) electrons. The van der Waals surface area contributed by atoms with E-state index in [1.165, 1.54) is 4.90 Å². The summed E-state index contributed by atoms with van der Waals surface area (Å²) in [5.41, 5.74) is 2.27. The van der Waals surface area contributed by atoms with E-state index in [4.69, 9.17) is 4.74 Å². The number of hydrogen-bond donors (Lipinski definition) is 1. The first-order valence-corrected chi connectivity index (χ1v) is 14.2. The number of amides is 2. The summed E-state index contributed by atoms with van der Waals surface area (Å²) in [6, 6.07) is 13.5. The zero-order valence-electron chi connectivity index (χ0n) is 22.2. The standard InChI is InChI=1S/C27H39N3O5S/c1-7-20(4)28-27(32)25(9-3)29(18-22-12-16-24(35-5)17-13-22)26(31)19-30(36(6,33)34)23-14-10-21(8-2)11-15-23/h10-17,20,25H,7-9,18-19H2,1-6H3,(H,28,32)/t20-,25+/m1/s1. The monoisotopic (exact) mass is 517 g/mol. The third-order valence-corrected chi connectivity index (χ3v) is 7.35. The Morgan fingerprint density at radius 2 is 1.53 bits per heavy atom. The average Bonchev–Trinajstić information content (AvgIpc) is 2.86. The number of carbonyl (C=O) groups excluding carboxylic acids is 2. The Morgan fingerprint density at radius 3 is 2.00 bits per heavy atom. The van der Waals surface area contributed by atoms with Gasteiger partial charge in [0.2, 0.25) is 21.8 Å². The molecule has 0 bridgehead atoms. The summed E-state index contributed by atoms with van der Waals surface area (Å²) in [5, 5.41) is 2.96. The number of anilines is 1. The van der Waals surface area contributed by atoms with Gasteiger partial charge in [0.25, 0.3) is 0 Å². The van der Waals surface area contributed by atoms with Crippen molar-refractivity contribution in [1.29, 1.82) is 0 Å². The van der Waals surface area contributed by atoms with Gasteiger partial charge in [-0.2, -0.15) is 0 Å². The van der Waals surface area contributed by atoms with Crippen molar-refractivity contribution in [2.75, 3.05) is 24.2 Å². The Kier molecular flexibility index (Phi) is 10.8. The molecule has 8 nitrogen and oxygen atoms in total. The van der Waals surface area contributed by atoms with Gasteiger partial charge in [0, 0.05) is 12.6 Å². The minimum atomic E-state index is -3.75. The Morgan fingerprint density at radius 1 is 0.944 bits per heavy atom. The second-order valence-electron chi connectivity index (χ2n) is 8.90. The molecule has 0 spiro atoms. The zero-order valence-corrected chi connectivity index (χ0v) is 23.0. The summed E-state index contributed by atoms with van der Waals surface area (Å²) >= 11 is 0. The van der Waals surface area contributed by atoms with Crippen LogP contribution in [0, 0.1) is 0 Å². The van der Waals surface area contributed by atoms with Crippen LogP contribution in [0.3, 0.4) is 0 Å². The number of nitrogens with zero attached hydrogens (tertiary/aromatic N) is 2. The molecule has 2 amide bonds. The van der Waals surface area contributed by atoms with Crippen LogP contribution in [0.5, 0.6) is 5.75 Å². The van der Waals surface area contributed by atoms with Gasteiger partial charge in [0.05, 0.1) is 19.1 Å². The van der Waals surface area contributed by atoms with Crippen molar-refractivity contribution in [2.24, 2.45) is 0 Å². The lowest BCUT2D eigenvalue weighted by atomic mass is 10.1. The van der Waals surface area contributed by atoms with Gasteiger partial charge in [-0.05, 0) is 61.6 Å². The molecule has 0 unspecified atom stereocenters. The summed E-state index contributed by atoms with van der Waals surface area (Å²) in [6.07, 6.45) is 3.03. The summed E-state index contributed by atoms with van der Waals surface area (Å²) < 4.78 is 31.7. The van der Waals surface area contributed by atoms with Gasteiger partial charge in [-0.15, -0.1) is 0 Å². The number of ether oxygens (including phenoxy) is 1. The molecule has 0 aliphatic heterocycles. The molecule has 0 aliphatic carbocycles. The third-order valence-electron chi connectivity index (χ3n) is 6.21. The minimum Gasteiger partial charge on any atom is -0.497 e. The highest BCUT2D eigenvalue weighted by Crippen LogP contribution is 2.21. The molecule has 2 atom stereocenters. The summed E-state index contributed by atoms with van der Waals surface area (Å²) in [7, 11) is -2.18. The molecule has 9 heteroatoms. The first kappa shape index (κ1) is 29.2. The highest BCUT2D eigenvalue weighted by molar-refractivity contribution is 7.92. The molecule has 0 saturated heterocycles. The fourth-order valence-electron chi connectivity index (χ4n) is 3.80. The number of carbonyl (C=O) groups is 2. The smallest absolute Gasteiger partial charge is 0.244 e. The van der Waals surface area contributed by atoms with Gasteiger partial charge in [0.1, 0.15) is 18.3 Å². The van der Waals surface area contributed by atoms with Gasteiger partial charge in [-0.25, -0.2) is 8.42 Å². The van der Waals surface area contributed by atoms with Gasteiger partial charge >= 0.3 is 0 Å². The number of aryl methyl sites for hydroxylation is 1. The summed E-state index contributed by atoms with van der Waals surface area (Å²) in [4.78, 5) is 28.3. The lowest BCUT2D eigenvalue weighted by Crippen LogP contribution is -2.53. The first-order valence-electron chi connectivity index (χ1n) is 12.3. The number of hydrogen-bond acceptors (Lipinski definition) is 5. The van der Waals surface area contributed by atoms with Crippen molar-refractivity contribution in [3.8, 4) is 5.75 Å². The maximum atomic E-state index is 13.7. The van der Waals surface area contributed by atoms with Crippen LogP contribution in [-0.2, 0) is 32.6 Å². The van der Waals surface area contributed by atoms with E-state index >= 15 is 0 Å². The molecule has 0 aliphatic rings. The number of methoxy groups -OCH3 is 1. The largest absolute Gasteiger partial charge is 0.497 e. The molecule has 0 aromatic heterocycles. The third kappa shape index (κ3) is 7.98. The van der Waals surface area contributed by atoms with E-state index in [2.05, 4.69) is 5.32 Å². The molecule has 198 valence electrons. The van der Waals surface area contributed by atoms with Crippen LogP contribution in [0.25, 0.3) is 0 Å². The fourth-order valence-corrected chi connectivity index (χ4v) is 4.65. The number of benzene rings is 2. The molecule has 0 fully saturated rings. The Labute approximate surface area is 215 Å². The molecule has 2 aromatic rings. The number of sulfonamides is 1. The van der Waals surface area contributed by atoms with Crippen molar-refractivity contribution in [3.05, 3.63) is 59.7 Å². The van der Waals surface area contributed by atoms with Crippen LogP contribution in [0.1, 0.15) is 51.7 Å². The maximum absolute atomic E-state index is 13.7. The Bertz CT molecular complexity index is 1100. The van der Waals surface area contributed by atoms with Crippen molar-refractivity contribution >= 4 is 27.5 Å². The number of rotatable bonds is 13. The van der Waals surface area contributed by atoms with E-state index in [0.29, 0.717) is 17.9 Å². The van der Waals surface area contributed by atoms with E-state index in [0.717, 1.165) is 34.5 Å². The van der Waals surface area contributed by atoms with E-state index in [9.17, 15) is 18.0 Å². The van der Waals surface area contributed by atoms with E-state index in [1.54, 1.807) is 31.4 Å². The van der Waals surface area contributed by atoms with Crippen molar-refractivity contribution < 1.29 is 22.7 Å². The van der Waals surface area contributed by atoms with Gasteiger partial charge in [0.15, 0.2) is 0 Å². The molecule has 0 saturated carbocycles. The van der Waals surface area contributed by atoms with Gasteiger partial charge < -0.3 is 15.0 Å². The highest BCUT2D eigenvalue weighted by Gasteiger charge is 2.32. The van der Waals surface area contributed by atoms with Crippen molar-refractivity contribution in [1.82, 2.24) is 10.2 Å². The molecule has 2 aromatic carbocycles. The van der Waals surface area contributed by atoms with Gasteiger partial charge in [-0.1, -0.05) is 45.0 Å². The fraction of sp³-hybridized carbons (Fsp3) is 0.481. The first-order chi connectivity index (χ1) is 17.0. The van der Waals surface area contributed by atoms with Crippen molar-refractivity contribution in [2.45, 2.75) is 65.6 Å². The number of nitrogens with one attached hydrogen (secondary N) is 1. The Hall–Kier alpha value is -3.07. The zero-order chi connectivity index (χ0) is 26.9. The van der Waals surface area contributed by atoms with Crippen LogP contribution in [-0.4, -0.2) is 57.1 Å². The maximum Gasteiger partial charge on any atom is 0.244 e. The molecule has 36 heavy (non-hydrogen) atoms. The highest BCUT2D eigenvalue weighted by atomic mass is 32.2. The quantitative estimate of drug-likeness (QED) is 0.437. The lowest BCUT2D eigenvalue weighted by Gasteiger charge is -2.33. The Balaban J connectivity index is 2.42. The average molecular weight is 518 g/mol. The molecule has 2 rings (SSSR count). The van der Waals surface area contributed by atoms with E-state index in [1.807, 2.05) is 52.0 Å². The lowest BCUT2D eigenvalue weighted by molar-refractivity contribution is -0.140. The van der Waals surface area contributed by atoms with Crippen LogP contribution in [0.2, 0.25) is 0 Å². The SMILES string of the molecule is CCc1ccc(N(CC(=O)N(Cc2ccc(OC)cc2)[C@@H](CC)C(=O)N[C@H](C)CC)S(C)(=O)=O)cc1. The van der Waals surface area contributed by atoms with E-state index < -0.39 is 28.5 Å². The van der Waals surface area contributed by atoms with E-state index in [-0.39, 0.29) is 18.5 Å². The van der Waals surface area contributed by atoms with Gasteiger partial charge in [-0.3, -0.25) is 13.9 Å². The van der Waals surface area contributed by atoms with Crippen LogP contribution in [0.15, 0.2) is 48.5 Å². The van der Waals surface area contributed by atoms with Crippen molar-refractivity contribution in [3.63, 3.8) is 0 Å². The summed E-state index contributed by atoms with van der Waals surface area (Å²) in [5.74, 6) is -0.0363. The van der Waals surface area contributed by atoms with Crippen LogP contribution >= 0.6 is 0 Å². The molecule has 1 N–H and O–H groups in total. The summed E-state index contributed by atoms with van der Waals surface area (Å²) in [6.45, 7) is 7.48. The van der Waals surface area contributed by atoms with Crippen LogP contribution < -0.4 is 14.4 Å². The molecular formula is C27H39N3O5S. The predicted molar refractivity (Wildman–Crippen MR) is 144 cm³/mol. The molecule has 0 heterocycles. The topological polar surface area (TPSA) is 96.0 Å². The minimum absolute atomic E-state index is 0.0471. The normalized spacial score (nSPS) is 12.9.